The van der Waals surface area contributed by atoms with Crippen molar-refractivity contribution in [1.82, 2.24) is 9.80 Å². The van der Waals surface area contributed by atoms with Gasteiger partial charge in [0.2, 0.25) is 0 Å². The normalized spacial score (nSPS) is 20.5. The van der Waals surface area contributed by atoms with E-state index in [1.807, 2.05) is 0 Å². The number of piperidine rings is 2. The summed E-state index contributed by atoms with van der Waals surface area (Å²) in [5.41, 5.74) is 0. The van der Waals surface area contributed by atoms with Gasteiger partial charge in [-0.15, -0.1) is 12.4 Å². The van der Waals surface area contributed by atoms with E-state index in [2.05, 4.69) is 9.80 Å². The molecule has 129 valence electrons. The lowest BCUT2D eigenvalue weighted by atomic mass is 10.1. The predicted molar refractivity (Wildman–Crippen MR) is 94.7 cm³/mol. The zero-order chi connectivity index (χ0) is 14.6. The van der Waals surface area contributed by atoms with E-state index in [-0.39, 0.29) is 12.4 Å². The van der Waals surface area contributed by atoms with Gasteiger partial charge in [0, 0.05) is 26.3 Å². The van der Waals surface area contributed by atoms with E-state index < -0.39 is 0 Å². The summed E-state index contributed by atoms with van der Waals surface area (Å²) in [6, 6.07) is 0. The first kappa shape index (κ1) is 20.2. The largest absolute Gasteiger partial charge is 0.487 e. The molecule has 0 aromatic heterocycles. The van der Waals surface area contributed by atoms with E-state index in [0.29, 0.717) is 0 Å². The first-order valence-electron chi connectivity index (χ1n) is 8.95. The third-order valence-electron chi connectivity index (χ3n) is 4.51. The fraction of sp³-hybridized carbons (Fsp3) is 1.00. The smallest absolute Gasteiger partial charge is 0.413 e. The molecule has 0 atom stereocenters. The second kappa shape index (κ2) is 13.6. The minimum atomic E-state index is 0. The summed E-state index contributed by atoms with van der Waals surface area (Å²) in [4.78, 5) is 5.10. The van der Waals surface area contributed by atoms with Crippen LogP contribution in [0.2, 0.25) is 0 Å². The van der Waals surface area contributed by atoms with Gasteiger partial charge < -0.3 is 19.1 Å². The maximum Gasteiger partial charge on any atom is 0.487 e. The van der Waals surface area contributed by atoms with Crippen molar-refractivity contribution in [1.29, 1.82) is 0 Å². The topological polar surface area (TPSA) is 24.9 Å². The van der Waals surface area contributed by atoms with Crippen LogP contribution in [0.25, 0.3) is 0 Å². The second-order valence-electron chi connectivity index (χ2n) is 6.35. The Hall–Kier alpha value is 0.195. The maximum atomic E-state index is 5.43. The predicted octanol–water partition coefficient (Wildman–Crippen LogP) is 2.73. The Morgan fingerprint density at radius 3 is 1.45 bits per heavy atom. The van der Waals surface area contributed by atoms with Crippen molar-refractivity contribution < 1.29 is 9.31 Å². The molecule has 2 saturated heterocycles. The van der Waals surface area contributed by atoms with Crippen LogP contribution in [0.3, 0.4) is 0 Å². The first-order valence-corrected chi connectivity index (χ1v) is 8.95. The Labute approximate surface area is 143 Å². The Balaban J connectivity index is 0.00000242. The quantitative estimate of drug-likeness (QED) is 0.454. The van der Waals surface area contributed by atoms with Crippen LogP contribution in [0.5, 0.6) is 0 Å². The fourth-order valence-corrected chi connectivity index (χ4v) is 3.25. The van der Waals surface area contributed by atoms with Crippen LogP contribution in [-0.4, -0.2) is 70.0 Å². The van der Waals surface area contributed by atoms with E-state index in [0.717, 1.165) is 26.1 Å². The Morgan fingerprint density at radius 1 is 0.636 bits per heavy atom. The zero-order valence-corrected chi connectivity index (χ0v) is 14.8. The molecule has 0 amide bonds. The summed E-state index contributed by atoms with van der Waals surface area (Å²) in [7, 11) is 1.55. The van der Waals surface area contributed by atoms with Crippen LogP contribution in [0.15, 0.2) is 0 Å². The molecular weight excluding hydrogens is 298 g/mol. The van der Waals surface area contributed by atoms with Crippen LogP contribution in [0, 0.1) is 0 Å². The van der Waals surface area contributed by atoms with Gasteiger partial charge in [-0.3, -0.25) is 0 Å². The van der Waals surface area contributed by atoms with Gasteiger partial charge >= 0.3 is 7.69 Å². The molecule has 0 aromatic carbocycles. The molecule has 1 radical (unpaired) electrons. The van der Waals surface area contributed by atoms with Crippen molar-refractivity contribution >= 4 is 20.1 Å². The van der Waals surface area contributed by atoms with Gasteiger partial charge in [0.05, 0.1) is 0 Å². The molecule has 0 bridgehead atoms. The molecule has 0 spiro atoms. The minimum Gasteiger partial charge on any atom is -0.413 e. The highest BCUT2D eigenvalue weighted by molar-refractivity contribution is 6.17. The van der Waals surface area contributed by atoms with E-state index in [9.17, 15) is 0 Å². The second-order valence-corrected chi connectivity index (χ2v) is 6.35. The number of nitrogens with zero attached hydrogens (tertiary/aromatic N) is 2. The van der Waals surface area contributed by atoms with Gasteiger partial charge in [-0.1, -0.05) is 12.8 Å². The SMILES string of the molecule is Cl.[B](OCCCN1CCCCC1)OCCCN1CCCCC1. The Bertz CT molecular complexity index is 226. The Kier molecular flexibility index (Phi) is 12.5. The molecule has 2 heterocycles. The summed E-state index contributed by atoms with van der Waals surface area (Å²) in [5, 5.41) is 0. The zero-order valence-electron chi connectivity index (χ0n) is 14.0. The molecule has 2 rings (SSSR count). The highest BCUT2D eigenvalue weighted by Crippen LogP contribution is 2.09. The third-order valence-corrected chi connectivity index (χ3v) is 4.51. The van der Waals surface area contributed by atoms with E-state index in [1.54, 1.807) is 7.69 Å². The number of hydrogen-bond acceptors (Lipinski definition) is 4. The molecule has 0 aliphatic carbocycles. The van der Waals surface area contributed by atoms with Gasteiger partial charge in [-0.2, -0.15) is 0 Å². The minimum absolute atomic E-state index is 0. The number of likely N-dealkylation sites (tertiary alicyclic amines) is 2. The number of halogens is 1. The number of rotatable bonds is 10. The van der Waals surface area contributed by atoms with Gasteiger partial charge in [0.1, 0.15) is 0 Å². The van der Waals surface area contributed by atoms with Crippen LogP contribution in [0.4, 0.5) is 0 Å². The molecular formula is C16H33BClN2O2. The summed E-state index contributed by atoms with van der Waals surface area (Å²) in [5.74, 6) is 0. The molecule has 22 heavy (non-hydrogen) atoms. The monoisotopic (exact) mass is 331 g/mol. The summed E-state index contributed by atoms with van der Waals surface area (Å²) < 4.78 is 10.9. The van der Waals surface area contributed by atoms with Crippen LogP contribution < -0.4 is 0 Å². The van der Waals surface area contributed by atoms with Gasteiger partial charge in [0.25, 0.3) is 0 Å². The van der Waals surface area contributed by atoms with Crippen LogP contribution in [0.1, 0.15) is 51.4 Å². The third kappa shape index (κ3) is 9.36. The lowest BCUT2D eigenvalue weighted by molar-refractivity contribution is 0.173. The van der Waals surface area contributed by atoms with Crippen molar-refractivity contribution in [3.05, 3.63) is 0 Å². The molecule has 0 unspecified atom stereocenters. The standard InChI is InChI=1S/C16H32BN2O2.ClH/c1-3-9-18(10-4-1)13-7-15-20-17-21-16-8-14-19-11-5-2-6-12-19;/h1-16H2;1H. The summed E-state index contributed by atoms with van der Waals surface area (Å²) >= 11 is 0. The molecule has 0 saturated carbocycles. The molecule has 0 N–H and O–H groups in total. The molecule has 2 aliphatic heterocycles. The van der Waals surface area contributed by atoms with Gasteiger partial charge in [-0.25, -0.2) is 0 Å². The first-order chi connectivity index (χ1) is 10.4. The molecule has 6 heteroatoms. The molecule has 4 nitrogen and oxygen atoms in total. The summed E-state index contributed by atoms with van der Waals surface area (Å²) in [6.07, 6.45) is 10.5. The van der Waals surface area contributed by atoms with E-state index in [1.165, 1.54) is 77.8 Å². The van der Waals surface area contributed by atoms with Crippen molar-refractivity contribution in [3.8, 4) is 0 Å². The molecule has 2 aliphatic rings. The highest BCUT2D eigenvalue weighted by Gasteiger charge is 2.10. The van der Waals surface area contributed by atoms with Gasteiger partial charge in [0.15, 0.2) is 0 Å². The summed E-state index contributed by atoms with van der Waals surface area (Å²) in [6.45, 7) is 9.00. The Morgan fingerprint density at radius 2 is 1.05 bits per heavy atom. The maximum absolute atomic E-state index is 5.43. The average Bonchev–Trinajstić information content (AvgIpc) is 2.55. The lowest BCUT2D eigenvalue weighted by Crippen LogP contribution is -2.31. The average molecular weight is 332 g/mol. The molecule has 2 fully saturated rings. The van der Waals surface area contributed by atoms with Crippen LogP contribution >= 0.6 is 12.4 Å². The van der Waals surface area contributed by atoms with Crippen molar-refractivity contribution in [2.45, 2.75) is 51.4 Å². The number of hydrogen-bond donors (Lipinski definition) is 0. The molecule has 0 aromatic rings. The van der Waals surface area contributed by atoms with E-state index >= 15 is 0 Å². The van der Waals surface area contributed by atoms with Crippen molar-refractivity contribution in [3.63, 3.8) is 0 Å². The lowest BCUT2D eigenvalue weighted by Gasteiger charge is -2.26. The fourth-order valence-electron chi connectivity index (χ4n) is 3.25. The highest BCUT2D eigenvalue weighted by atomic mass is 35.5. The van der Waals surface area contributed by atoms with Crippen molar-refractivity contribution in [2.24, 2.45) is 0 Å². The van der Waals surface area contributed by atoms with E-state index in [4.69, 9.17) is 9.31 Å². The van der Waals surface area contributed by atoms with Crippen molar-refractivity contribution in [2.75, 3.05) is 52.5 Å². The van der Waals surface area contributed by atoms with Gasteiger partial charge in [-0.05, 0) is 64.7 Å². The van der Waals surface area contributed by atoms with Crippen LogP contribution in [-0.2, 0) is 9.31 Å².